The van der Waals surface area contributed by atoms with Gasteiger partial charge in [-0.2, -0.15) is 0 Å². The number of Topliss-reactive ketones (excluding diaryl/α,β-unsaturated/α-hetero) is 2. The number of likely N-dealkylation sites (N-methyl/N-ethyl adjacent to an activating group) is 2. The van der Waals surface area contributed by atoms with Gasteiger partial charge in [-0.05, 0) is 69.7 Å². The zero-order chi connectivity index (χ0) is 31.8. The molecule has 12 heteroatoms. The van der Waals surface area contributed by atoms with Crippen molar-refractivity contribution in [1.29, 1.82) is 0 Å². The SMILES string of the molecule is CNC(=O)C1=C(O)[C@@]2(O)C(=O)C3=C(O)c4c(ccc(-c5ccc(CN6CCCC6)o5)c4O)[C@H](C)[C@H]3[C@H](O)[C@H]2[C@H](N(C)C)C1=O. The number of nitrogens with one attached hydrogen (secondary N) is 1. The van der Waals surface area contributed by atoms with Gasteiger partial charge in [0, 0.05) is 18.5 Å². The van der Waals surface area contributed by atoms with E-state index < -0.39 is 75.6 Å². The van der Waals surface area contributed by atoms with E-state index in [1.54, 1.807) is 25.1 Å². The third-order valence-electron chi connectivity index (χ3n) is 9.84. The van der Waals surface area contributed by atoms with E-state index in [-0.39, 0.29) is 16.9 Å². The van der Waals surface area contributed by atoms with Crippen LogP contribution in [-0.4, -0.2) is 105 Å². The van der Waals surface area contributed by atoms with Gasteiger partial charge < -0.3 is 35.3 Å². The van der Waals surface area contributed by atoms with E-state index in [0.29, 0.717) is 23.6 Å². The standard InChI is InChI=1S/C32H37N3O9/c1-14-16-8-9-17(18-10-7-15(44-18)13-35-11-5-6-12-35)25(36)20(16)26(37)21-19(14)27(38)23-24(34(3)4)28(39)22(31(42)33-2)30(41)32(23,43)29(21)40/h7-10,14,19,23-24,27,36-38,41,43H,5-6,11-13H2,1-4H3,(H,33,42)/t14-,19+,23+,24-,27-,32-/m0/s1. The van der Waals surface area contributed by atoms with Crippen LogP contribution in [0.3, 0.4) is 0 Å². The van der Waals surface area contributed by atoms with Crippen LogP contribution in [0.1, 0.15) is 42.6 Å². The summed E-state index contributed by atoms with van der Waals surface area (Å²) >= 11 is 0. The minimum atomic E-state index is -2.92. The second-order valence-electron chi connectivity index (χ2n) is 12.4. The van der Waals surface area contributed by atoms with E-state index in [2.05, 4.69) is 10.2 Å². The summed E-state index contributed by atoms with van der Waals surface area (Å²) in [6, 6.07) is 5.51. The van der Waals surface area contributed by atoms with Gasteiger partial charge in [-0.3, -0.25) is 24.2 Å². The summed E-state index contributed by atoms with van der Waals surface area (Å²) < 4.78 is 6.04. The molecule has 6 atom stereocenters. The molecule has 1 aliphatic heterocycles. The highest BCUT2D eigenvalue weighted by molar-refractivity contribution is 6.25. The lowest BCUT2D eigenvalue weighted by atomic mass is 9.54. The van der Waals surface area contributed by atoms with Crippen molar-refractivity contribution >= 4 is 23.2 Å². The monoisotopic (exact) mass is 607 g/mol. The molecule has 0 bridgehead atoms. The van der Waals surface area contributed by atoms with E-state index in [1.165, 1.54) is 26.0 Å². The van der Waals surface area contributed by atoms with Gasteiger partial charge in [0.05, 0.1) is 35.7 Å². The van der Waals surface area contributed by atoms with Crippen LogP contribution in [0.15, 0.2) is 45.6 Å². The number of aliphatic hydroxyl groups excluding tert-OH is 3. The number of phenolic OH excluding ortho intramolecular Hbond substituents is 1. The maximum absolute atomic E-state index is 14.3. The van der Waals surface area contributed by atoms with Gasteiger partial charge >= 0.3 is 0 Å². The molecule has 1 amide bonds. The van der Waals surface area contributed by atoms with Gasteiger partial charge in [0.25, 0.3) is 5.91 Å². The zero-order valence-corrected chi connectivity index (χ0v) is 25.0. The summed E-state index contributed by atoms with van der Waals surface area (Å²) in [6.07, 6.45) is 0.632. The van der Waals surface area contributed by atoms with Crippen molar-refractivity contribution in [3.63, 3.8) is 0 Å². The van der Waals surface area contributed by atoms with E-state index >= 15 is 0 Å². The Morgan fingerprint density at radius 3 is 2.43 bits per heavy atom. The minimum Gasteiger partial charge on any atom is -0.508 e. The Balaban J connectivity index is 1.49. The van der Waals surface area contributed by atoms with Gasteiger partial charge in [-0.1, -0.05) is 13.0 Å². The molecule has 2 aromatic rings. The number of hydrogen-bond donors (Lipinski definition) is 6. The predicted molar refractivity (Wildman–Crippen MR) is 157 cm³/mol. The fourth-order valence-electron chi connectivity index (χ4n) is 7.69. The first-order valence-corrected chi connectivity index (χ1v) is 14.8. The molecule has 1 aromatic heterocycles. The van der Waals surface area contributed by atoms with Gasteiger partial charge in [0.1, 0.15) is 34.4 Å². The molecule has 0 unspecified atom stereocenters. The number of benzene rings is 1. The lowest BCUT2D eigenvalue weighted by Gasteiger charge is -2.53. The predicted octanol–water partition coefficient (Wildman–Crippen LogP) is 1.61. The molecule has 12 nitrogen and oxygen atoms in total. The molecule has 234 valence electrons. The Bertz CT molecular complexity index is 1630. The summed E-state index contributed by atoms with van der Waals surface area (Å²) in [5, 5.41) is 60.3. The van der Waals surface area contributed by atoms with Gasteiger partial charge in [-0.25, -0.2) is 0 Å². The Labute approximate surface area is 253 Å². The molecule has 0 spiro atoms. The summed E-state index contributed by atoms with van der Waals surface area (Å²) in [4.78, 5) is 44.1. The second kappa shape index (κ2) is 10.6. The number of likely N-dealkylation sites (tertiary alicyclic amines) is 1. The van der Waals surface area contributed by atoms with Gasteiger partial charge in [0.15, 0.2) is 11.4 Å². The third-order valence-corrected chi connectivity index (χ3v) is 9.84. The molecular formula is C32H37N3O9. The topological polar surface area (TPSA) is 184 Å². The van der Waals surface area contributed by atoms with Crippen molar-refractivity contribution < 1.29 is 44.3 Å². The molecule has 6 N–H and O–H groups in total. The summed E-state index contributed by atoms with van der Waals surface area (Å²) in [5.74, 6) is -7.53. The van der Waals surface area contributed by atoms with Crippen molar-refractivity contribution in [2.75, 3.05) is 34.2 Å². The molecule has 0 radical (unpaired) electrons. The average Bonchev–Trinajstić information content (AvgIpc) is 3.67. The van der Waals surface area contributed by atoms with Crippen LogP contribution in [0.2, 0.25) is 0 Å². The third kappa shape index (κ3) is 4.08. The van der Waals surface area contributed by atoms with Gasteiger partial charge in [0.2, 0.25) is 5.78 Å². The highest BCUT2D eigenvalue weighted by Gasteiger charge is 2.68. The summed E-state index contributed by atoms with van der Waals surface area (Å²) in [7, 11) is 4.22. The number of amides is 1. The molecule has 3 aliphatic carbocycles. The number of carbonyl (C=O) groups is 3. The quantitative estimate of drug-likeness (QED) is 0.272. The largest absolute Gasteiger partial charge is 0.508 e. The van der Waals surface area contributed by atoms with E-state index in [9.17, 15) is 39.9 Å². The Morgan fingerprint density at radius 1 is 1.11 bits per heavy atom. The van der Waals surface area contributed by atoms with Crippen LogP contribution in [0, 0.1) is 11.8 Å². The number of nitrogens with zero attached hydrogens (tertiary/aromatic N) is 2. The molecule has 1 saturated heterocycles. The maximum atomic E-state index is 14.3. The smallest absolute Gasteiger partial charge is 0.258 e. The Morgan fingerprint density at radius 2 is 1.80 bits per heavy atom. The van der Waals surface area contributed by atoms with Crippen molar-refractivity contribution in [2.24, 2.45) is 11.8 Å². The van der Waals surface area contributed by atoms with Crippen molar-refractivity contribution in [1.82, 2.24) is 15.1 Å². The Kier molecular flexibility index (Phi) is 7.23. The van der Waals surface area contributed by atoms with Crippen LogP contribution in [0.5, 0.6) is 5.75 Å². The first-order valence-electron chi connectivity index (χ1n) is 14.8. The first kappa shape index (κ1) is 30.1. The number of phenols is 1. The lowest BCUT2D eigenvalue weighted by Crippen LogP contribution is -2.70. The number of rotatable bonds is 5. The highest BCUT2D eigenvalue weighted by atomic mass is 16.4. The normalized spacial score (nSPS) is 30.5. The maximum Gasteiger partial charge on any atom is 0.258 e. The molecular weight excluding hydrogens is 570 g/mol. The lowest BCUT2D eigenvalue weighted by molar-refractivity contribution is -0.169. The van der Waals surface area contributed by atoms with E-state index in [0.717, 1.165) is 25.9 Å². The Hall–Kier alpha value is -3.97. The molecule has 2 fully saturated rings. The summed E-state index contributed by atoms with van der Waals surface area (Å²) in [5.41, 5.74) is -3.48. The molecule has 2 heterocycles. The molecule has 4 aliphatic rings. The van der Waals surface area contributed by atoms with Gasteiger partial charge in [-0.15, -0.1) is 0 Å². The van der Waals surface area contributed by atoms with Crippen molar-refractivity contribution in [2.45, 2.75) is 50.0 Å². The van der Waals surface area contributed by atoms with Crippen LogP contribution in [-0.2, 0) is 20.9 Å². The molecule has 1 aromatic carbocycles. The first-order chi connectivity index (χ1) is 20.8. The van der Waals surface area contributed by atoms with Crippen LogP contribution < -0.4 is 5.32 Å². The fourth-order valence-corrected chi connectivity index (χ4v) is 7.69. The number of fused-ring (bicyclic) bond motifs is 3. The van der Waals surface area contributed by atoms with Crippen molar-refractivity contribution in [3.8, 4) is 17.1 Å². The molecule has 1 saturated carbocycles. The fraction of sp³-hybridized carbons (Fsp3) is 0.469. The zero-order valence-electron chi connectivity index (χ0n) is 25.0. The average molecular weight is 608 g/mol. The van der Waals surface area contributed by atoms with Crippen LogP contribution in [0.4, 0.5) is 0 Å². The van der Waals surface area contributed by atoms with Crippen molar-refractivity contribution in [3.05, 3.63) is 58.1 Å². The number of ketones is 2. The number of hydrogen-bond acceptors (Lipinski definition) is 11. The summed E-state index contributed by atoms with van der Waals surface area (Å²) in [6.45, 7) is 4.29. The number of furan rings is 1. The molecule has 44 heavy (non-hydrogen) atoms. The second-order valence-corrected chi connectivity index (χ2v) is 12.4. The van der Waals surface area contributed by atoms with Crippen LogP contribution in [0.25, 0.3) is 17.1 Å². The van der Waals surface area contributed by atoms with Crippen LogP contribution >= 0.6 is 0 Å². The highest BCUT2D eigenvalue weighted by Crippen LogP contribution is 2.57. The van der Waals surface area contributed by atoms with E-state index in [4.69, 9.17) is 4.42 Å². The molecule has 6 rings (SSSR count). The number of carbonyl (C=O) groups excluding carboxylic acids is 3. The minimum absolute atomic E-state index is 0.0626. The number of aromatic hydroxyl groups is 1. The number of aliphatic hydroxyl groups is 4. The van der Waals surface area contributed by atoms with E-state index in [1.807, 2.05) is 6.07 Å².